The van der Waals surface area contributed by atoms with E-state index in [-0.39, 0.29) is 35.2 Å². The molecule has 0 radical (unpaired) electrons. The molecule has 0 spiro atoms. The summed E-state index contributed by atoms with van der Waals surface area (Å²) in [4.78, 5) is 44.4. The van der Waals surface area contributed by atoms with E-state index in [1.165, 1.54) is 19.2 Å². The maximum atomic E-state index is 15.4. The van der Waals surface area contributed by atoms with Gasteiger partial charge in [-0.15, -0.1) is 10.2 Å². The van der Waals surface area contributed by atoms with Gasteiger partial charge in [-0.25, -0.2) is 4.39 Å². The second kappa shape index (κ2) is 8.65. The topological polar surface area (TPSA) is 137 Å². The number of aromatic amines is 1. The Morgan fingerprint density at radius 1 is 1.23 bits per heavy atom. The number of hydrazine groups is 1. The van der Waals surface area contributed by atoms with Gasteiger partial charge in [-0.1, -0.05) is 0 Å². The van der Waals surface area contributed by atoms with Crippen LogP contribution >= 0.6 is 0 Å². The quantitative estimate of drug-likeness (QED) is 0.449. The van der Waals surface area contributed by atoms with Crippen molar-refractivity contribution in [2.24, 2.45) is 0 Å². The minimum absolute atomic E-state index is 0.0538. The molecule has 1 unspecified atom stereocenters. The summed E-state index contributed by atoms with van der Waals surface area (Å²) in [6.07, 6.45) is 1.45. The van der Waals surface area contributed by atoms with Gasteiger partial charge in [-0.3, -0.25) is 30.2 Å². The van der Waals surface area contributed by atoms with E-state index < -0.39 is 22.7 Å². The van der Waals surface area contributed by atoms with E-state index in [1.54, 1.807) is 4.57 Å². The molecule has 2 aliphatic heterocycles. The number of ether oxygens (including phenoxy) is 1. The molecule has 35 heavy (non-hydrogen) atoms. The summed E-state index contributed by atoms with van der Waals surface area (Å²) >= 11 is 0. The van der Waals surface area contributed by atoms with Gasteiger partial charge < -0.3 is 19.1 Å². The third kappa shape index (κ3) is 3.97. The molecule has 12 nitrogen and oxygen atoms in total. The smallest absolute Gasteiger partial charge is 0.275 e. The Kier molecular flexibility index (Phi) is 5.63. The lowest BCUT2D eigenvalue weighted by atomic mass is 10.0. The fourth-order valence-corrected chi connectivity index (χ4v) is 4.33. The largest absolute Gasteiger partial charge is 0.487 e. The number of aryl methyl sites for hydroxylation is 1. The number of hydrogen-bond acceptors (Lipinski definition) is 9. The van der Waals surface area contributed by atoms with Crippen LogP contribution < -0.4 is 31.5 Å². The maximum absolute atomic E-state index is 15.4. The van der Waals surface area contributed by atoms with Gasteiger partial charge in [0.25, 0.3) is 11.5 Å². The van der Waals surface area contributed by atoms with Crippen molar-refractivity contribution in [2.75, 3.05) is 50.2 Å². The van der Waals surface area contributed by atoms with E-state index in [2.05, 4.69) is 30.9 Å². The standard InChI is InChI=1S/C22H25FN8O4/c1-11-10-35-19-16-13(8-15(23)17(19)30-6-4-29(3)5-7-30)18(32)14(9-31(11)16)21(34)26-28-22-24-20(33)12(2)25-27-22/h8-9,11H,4-7,10H2,1-3H3,(H,26,34)(H2,24,27,28,33). The number of amides is 1. The summed E-state index contributed by atoms with van der Waals surface area (Å²) in [6, 6.07) is 0.982. The minimum Gasteiger partial charge on any atom is -0.487 e. The van der Waals surface area contributed by atoms with E-state index in [0.29, 0.717) is 30.0 Å². The highest BCUT2D eigenvalue weighted by molar-refractivity contribution is 6.00. The molecule has 1 atom stereocenters. The Bertz CT molecular complexity index is 1440. The Labute approximate surface area is 198 Å². The number of hydrogen-bond donors (Lipinski definition) is 3. The van der Waals surface area contributed by atoms with Crippen molar-refractivity contribution >= 4 is 28.4 Å². The van der Waals surface area contributed by atoms with E-state index in [1.807, 2.05) is 18.9 Å². The molecule has 184 valence electrons. The summed E-state index contributed by atoms with van der Waals surface area (Å²) in [5.74, 6) is -1.12. The zero-order valence-corrected chi connectivity index (χ0v) is 19.5. The highest BCUT2D eigenvalue weighted by Gasteiger charge is 2.31. The molecule has 2 aliphatic rings. The lowest BCUT2D eigenvalue weighted by Gasteiger charge is -2.37. The fraction of sp³-hybridized carbons (Fsp3) is 0.409. The number of anilines is 2. The molecule has 2 aromatic heterocycles. The van der Waals surface area contributed by atoms with Gasteiger partial charge in [0, 0.05) is 32.4 Å². The van der Waals surface area contributed by atoms with E-state index in [9.17, 15) is 14.4 Å². The summed E-state index contributed by atoms with van der Waals surface area (Å²) in [5, 5.41) is 7.45. The van der Waals surface area contributed by atoms with Crippen LogP contribution in [0, 0.1) is 12.7 Å². The number of carbonyl (C=O) groups excluding carboxylic acids is 1. The van der Waals surface area contributed by atoms with Gasteiger partial charge in [0.2, 0.25) is 11.4 Å². The maximum Gasteiger partial charge on any atom is 0.275 e. The average Bonchev–Trinajstić information content (AvgIpc) is 2.83. The van der Waals surface area contributed by atoms with Crippen LogP contribution in [0.25, 0.3) is 10.9 Å². The third-order valence-electron chi connectivity index (χ3n) is 6.36. The minimum atomic E-state index is -0.771. The number of nitrogens with one attached hydrogen (secondary N) is 3. The van der Waals surface area contributed by atoms with Crippen molar-refractivity contribution in [1.82, 2.24) is 30.1 Å². The van der Waals surface area contributed by atoms with Gasteiger partial charge in [0.1, 0.15) is 23.6 Å². The summed E-state index contributed by atoms with van der Waals surface area (Å²) in [5.41, 5.74) is 4.44. The van der Waals surface area contributed by atoms with Crippen molar-refractivity contribution in [3.63, 3.8) is 0 Å². The predicted molar refractivity (Wildman–Crippen MR) is 127 cm³/mol. The number of rotatable bonds is 4. The molecule has 4 heterocycles. The normalized spacial score (nSPS) is 17.8. The van der Waals surface area contributed by atoms with Gasteiger partial charge in [0.15, 0.2) is 11.6 Å². The number of H-pyrrole nitrogens is 1. The highest BCUT2D eigenvalue weighted by atomic mass is 19.1. The molecular formula is C22H25FN8O4. The molecule has 0 saturated carbocycles. The Morgan fingerprint density at radius 3 is 2.69 bits per heavy atom. The van der Waals surface area contributed by atoms with E-state index in [4.69, 9.17) is 4.74 Å². The summed E-state index contributed by atoms with van der Waals surface area (Å²) < 4.78 is 23.1. The molecule has 0 aliphatic carbocycles. The molecule has 1 amide bonds. The summed E-state index contributed by atoms with van der Waals surface area (Å²) in [7, 11) is 2.01. The first-order valence-electron chi connectivity index (χ1n) is 11.2. The first-order chi connectivity index (χ1) is 16.7. The van der Waals surface area contributed by atoms with Crippen LogP contribution in [-0.4, -0.2) is 70.4 Å². The van der Waals surface area contributed by atoms with Crippen molar-refractivity contribution in [3.8, 4) is 5.75 Å². The van der Waals surface area contributed by atoms with Gasteiger partial charge in [-0.2, -0.15) is 0 Å². The van der Waals surface area contributed by atoms with Crippen molar-refractivity contribution in [1.29, 1.82) is 0 Å². The van der Waals surface area contributed by atoms with Crippen molar-refractivity contribution in [2.45, 2.75) is 19.9 Å². The van der Waals surface area contributed by atoms with Crippen LogP contribution in [0.4, 0.5) is 16.0 Å². The van der Waals surface area contributed by atoms with Crippen LogP contribution in [-0.2, 0) is 0 Å². The number of benzene rings is 1. The van der Waals surface area contributed by atoms with Crippen LogP contribution in [0.15, 0.2) is 21.9 Å². The Balaban J connectivity index is 1.55. The van der Waals surface area contributed by atoms with Gasteiger partial charge >= 0.3 is 0 Å². The van der Waals surface area contributed by atoms with Crippen LogP contribution in [0.5, 0.6) is 5.75 Å². The highest BCUT2D eigenvalue weighted by Crippen LogP contribution is 2.42. The fourth-order valence-electron chi connectivity index (χ4n) is 4.33. The number of pyridine rings is 1. The van der Waals surface area contributed by atoms with Crippen molar-refractivity contribution < 1.29 is 13.9 Å². The lowest BCUT2D eigenvalue weighted by molar-refractivity contribution is 0.0960. The average molecular weight is 484 g/mol. The van der Waals surface area contributed by atoms with Gasteiger partial charge in [0.05, 0.1) is 16.9 Å². The van der Waals surface area contributed by atoms with Crippen LogP contribution in [0.3, 0.4) is 0 Å². The number of aromatic nitrogens is 4. The zero-order chi connectivity index (χ0) is 24.9. The number of nitrogens with zero attached hydrogens (tertiary/aromatic N) is 5. The van der Waals surface area contributed by atoms with Crippen LogP contribution in [0.1, 0.15) is 29.0 Å². The number of carbonyl (C=O) groups is 1. The number of halogens is 1. The summed E-state index contributed by atoms with van der Waals surface area (Å²) in [6.45, 7) is 6.46. The third-order valence-corrected chi connectivity index (χ3v) is 6.36. The zero-order valence-electron chi connectivity index (χ0n) is 19.5. The molecular weight excluding hydrogens is 459 g/mol. The predicted octanol–water partition coefficient (Wildman–Crippen LogP) is 0.389. The first kappa shape index (κ1) is 22.8. The second-order valence-corrected chi connectivity index (χ2v) is 8.83. The molecule has 1 saturated heterocycles. The number of piperazine rings is 1. The van der Waals surface area contributed by atoms with Gasteiger partial charge in [-0.05, 0) is 27.0 Å². The van der Waals surface area contributed by atoms with E-state index in [0.717, 1.165) is 13.1 Å². The van der Waals surface area contributed by atoms with E-state index >= 15 is 4.39 Å². The lowest BCUT2D eigenvalue weighted by Crippen LogP contribution is -2.45. The van der Waals surface area contributed by atoms with Crippen molar-refractivity contribution in [3.05, 3.63) is 49.9 Å². The molecule has 13 heteroatoms. The molecule has 1 aromatic carbocycles. The molecule has 0 bridgehead atoms. The molecule has 3 aromatic rings. The monoisotopic (exact) mass is 484 g/mol. The molecule has 5 rings (SSSR count). The van der Waals surface area contributed by atoms with Crippen LogP contribution in [0.2, 0.25) is 0 Å². The second-order valence-electron chi connectivity index (χ2n) is 8.83. The number of likely N-dealkylation sites (N-methyl/N-ethyl adjacent to an activating group) is 1. The molecule has 1 fully saturated rings. The molecule has 3 N–H and O–H groups in total. The Hall–Kier alpha value is -4.00. The SMILES string of the molecule is Cc1nnc(NNC(=O)c2cn3c4c(c(N5CCN(C)CC5)c(F)cc4c2=O)OCC3C)[nH]c1=O. The Morgan fingerprint density at radius 2 is 1.97 bits per heavy atom. The first-order valence-corrected chi connectivity index (χ1v) is 11.2.